The van der Waals surface area contributed by atoms with Crippen LogP contribution >= 0.6 is 11.6 Å². The lowest BCUT2D eigenvalue weighted by Crippen LogP contribution is -2.58. The van der Waals surface area contributed by atoms with Gasteiger partial charge in [-0.05, 0) is 42.0 Å². The third-order valence-corrected chi connectivity index (χ3v) is 7.36. The van der Waals surface area contributed by atoms with E-state index >= 15 is 0 Å². The summed E-state index contributed by atoms with van der Waals surface area (Å²) in [5.41, 5.74) is 6.61. The predicted octanol–water partition coefficient (Wildman–Crippen LogP) is 3.03. The lowest BCUT2D eigenvalue weighted by molar-refractivity contribution is -0.168. The number of ether oxygens (including phenoxy) is 2. The lowest BCUT2D eigenvalue weighted by Gasteiger charge is -2.35. The molecule has 0 radical (unpaired) electrons. The van der Waals surface area contributed by atoms with Crippen LogP contribution in [-0.2, 0) is 30.5 Å². The summed E-state index contributed by atoms with van der Waals surface area (Å²) >= 11 is 6.08. The van der Waals surface area contributed by atoms with E-state index in [1.165, 1.54) is 23.1 Å². The van der Waals surface area contributed by atoms with E-state index in [9.17, 15) is 19.2 Å². The largest absolute Gasteiger partial charge is 0.433 e. The molecule has 4 unspecified atom stereocenters. The molecule has 10 nitrogen and oxygen atoms in total. The van der Waals surface area contributed by atoms with E-state index in [0.29, 0.717) is 25.1 Å². The molecule has 0 aliphatic carbocycles. The minimum atomic E-state index is -0.935. The Balaban J connectivity index is 1.43. The minimum Gasteiger partial charge on any atom is -0.433 e. The quantitative estimate of drug-likeness (QED) is 0.327. The number of nitrogen functional groups attached to an aromatic ring is 1. The first-order chi connectivity index (χ1) is 18.9. The number of nitrogens with one attached hydrogen (secondary N) is 2. The number of cyclic esters (lactones) is 1. The first-order valence-corrected chi connectivity index (χ1v) is 13.6. The highest BCUT2D eigenvalue weighted by Gasteiger charge is 2.44. The van der Waals surface area contributed by atoms with Gasteiger partial charge in [0.15, 0.2) is 0 Å². The Morgan fingerprint density at radius 1 is 1.18 bits per heavy atom. The van der Waals surface area contributed by atoms with Crippen molar-refractivity contribution in [3.63, 3.8) is 0 Å². The zero-order valence-corrected chi connectivity index (χ0v) is 23.6. The number of halogens is 1. The van der Waals surface area contributed by atoms with Gasteiger partial charge in [-0.1, -0.05) is 62.7 Å². The van der Waals surface area contributed by atoms with Crippen molar-refractivity contribution >= 4 is 41.0 Å². The second kappa shape index (κ2) is 12.3. The highest BCUT2D eigenvalue weighted by molar-refractivity contribution is 6.33. The van der Waals surface area contributed by atoms with E-state index in [1.807, 2.05) is 51.1 Å². The van der Waals surface area contributed by atoms with Crippen LogP contribution in [0, 0.1) is 5.41 Å². The van der Waals surface area contributed by atoms with Crippen LogP contribution in [-0.4, -0.2) is 59.6 Å². The van der Waals surface area contributed by atoms with Crippen LogP contribution in [0.15, 0.2) is 48.5 Å². The number of esters is 1. The number of hydrogen-bond donors (Lipinski definition) is 3. The molecule has 2 aliphatic rings. The molecule has 11 heteroatoms. The van der Waals surface area contributed by atoms with Gasteiger partial charge < -0.3 is 30.7 Å². The molecule has 2 aliphatic heterocycles. The fraction of sp³-hybridized carbons (Fsp3) is 0.448. The van der Waals surface area contributed by atoms with Gasteiger partial charge in [0.25, 0.3) is 5.91 Å². The van der Waals surface area contributed by atoms with E-state index in [4.69, 9.17) is 26.8 Å². The van der Waals surface area contributed by atoms with Crippen molar-refractivity contribution in [1.29, 1.82) is 0 Å². The molecule has 2 heterocycles. The van der Waals surface area contributed by atoms with Crippen LogP contribution in [0.25, 0.3) is 0 Å². The Kier molecular flexibility index (Phi) is 9.00. The molecule has 0 spiro atoms. The molecular weight excluding hydrogens is 536 g/mol. The number of anilines is 1. The molecule has 40 heavy (non-hydrogen) atoms. The number of nitrogens with zero attached hydrogens (tertiary/aromatic N) is 1. The molecule has 0 aromatic heterocycles. The zero-order valence-electron chi connectivity index (χ0n) is 22.8. The van der Waals surface area contributed by atoms with Crippen LogP contribution in [0.1, 0.15) is 56.0 Å². The van der Waals surface area contributed by atoms with Gasteiger partial charge in [-0.15, -0.1) is 0 Å². The van der Waals surface area contributed by atoms with Crippen molar-refractivity contribution in [2.24, 2.45) is 5.41 Å². The van der Waals surface area contributed by atoms with E-state index in [-0.39, 0.29) is 29.5 Å². The number of carbonyl (C=O) groups is 4. The van der Waals surface area contributed by atoms with Crippen LogP contribution in [0.5, 0.6) is 0 Å². The van der Waals surface area contributed by atoms with E-state index in [1.54, 1.807) is 0 Å². The normalized spacial score (nSPS) is 21.6. The fourth-order valence-electron chi connectivity index (χ4n) is 4.84. The van der Waals surface area contributed by atoms with Gasteiger partial charge in [-0.3, -0.25) is 19.2 Å². The maximum atomic E-state index is 13.8. The number of likely N-dealkylation sites (tertiary alicyclic amines) is 1. The van der Waals surface area contributed by atoms with Gasteiger partial charge in [-0.2, -0.15) is 0 Å². The minimum absolute atomic E-state index is 0.0311. The fourth-order valence-corrected chi connectivity index (χ4v) is 5.02. The first kappa shape index (κ1) is 29.4. The molecule has 2 aromatic carbocycles. The highest BCUT2D eigenvalue weighted by Crippen LogP contribution is 2.28. The van der Waals surface area contributed by atoms with Gasteiger partial charge in [0.1, 0.15) is 18.1 Å². The standard InChI is InChI=1S/C29H35ClN4O6/c1-29(2,3)24(33-25(36)18-11-12-20(31)19(30)14-18)27(38)34-13-7-10-22(34)26(37)32-21-15-23(35)40-28(21)39-16-17-8-5-4-6-9-17/h4-6,8-9,11-12,14,21-22,24,28H,7,10,13,15-16,31H2,1-3H3,(H,32,37)(H,33,36). The second-order valence-electron chi connectivity index (χ2n) is 11.2. The topological polar surface area (TPSA) is 140 Å². The average molecular weight is 571 g/mol. The van der Waals surface area contributed by atoms with E-state index in [0.717, 1.165) is 5.56 Å². The number of rotatable bonds is 8. The number of benzene rings is 2. The molecule has 4 N–H and O–H groups in total. The number of carbonyl (C=O) groups excluding carboxylic acids is 4. The summed E-state index contributed by atoms with van der Waals surface area (Å²) in [5, 5.41) is 5.93. The molecule has 3 amide bonds. The molecular formula is C29H35ClN4O6. The van der Waals surface area contributed by atoms with E-state index < -0.39 is 47.6 Å². The monoisotopic (exact) mass is 570 g/mol. The predicted molar refractivity (Wildman–Crippen MR) is 149 cm³/mol. The van der Waals surface area contributed by atoms with Crippen LogP contribution < -0.4 is 16.4 Å². The summed E-state index contributed by atoms with van der Waals surface area (Å²) in [5.74, 6) is -1.71. The van der Waals surface area contributed by atoms with Crippen molar-refractivity contribution < 1.29 is 28.7 Å². The summed E-state index contributed by atoms with van der Waals surface area (Å²) in [6.07, 6.45) is 0.107. The Labute approximate surface area is 238 Å². The molecule has 2 saturated heterocycles. The number of nitrogens with two attached hydrogens (primary N) is 1. The van der Waals surface area contributed by atoms with Crippen LogP contribution in [0.3, 0.4) is 0 Å². The molecule has 2 fully saturated rings. The number of amides is 3. The van der Waals surface area contributed by atoms with Gasteiger partial charge in [0, 0.05) is 12.1 Å². The summed E-state index contributed by atoms with van der Waals surface area (Å²) in [4.78, 5) is 53.8. The van der Waals surface area contributed by atoms with Crippen molar-refractivity contribution in [3.05, 3.63) is 64.7 Å². The van der Waals surface area contributed by atoms with Gasteiger partial charge >= 0.3 is 5.97 Å². The molecule has 2 aromatic rings. The maximum Gasteiger partial charge on any atom is 0.310 e. The van der Waals surface area contributed by atoms with Gasteiger partial charge in [0.2, 0.25) is 18.1 Å². The summed E-state index contributed by atoms with van der Waals surface area (Å²) in [7, 11) is 0. The highest BCUT2D eigenvalue weighted by atomic mass is 35.5. The summed E-state index contributed by atoms with van der Waals surface area (Å²) in [6, 6.07) is 11.6. The second-order valence-corrected chi connectivity index (χ2v) is 11.6. The molecule has 0 bridgehead atoms. The Hall–Kier alpha value is -3.63. The maximum absolute atomic E-state index is 13.8. The molecule has 214 valence electrons. The van der Waals surface area contributed by atoms with E-state index in [2.05, 4.69) is 10.6 Å². The van der Waals surface area contributed by atoms with Gasteiger partial charge in [0.05, 0.1) is 23.7 Å². The third-order valence-electron chi connectivity index (χ3n) is 7.04. The summed E-state index contributed by atoms with van der Waals surface area (Å²) in [6.45, 7) is 6.10. The molecule has 4 rings (SSSR count). The van der Waals surface area contributed by atoms with Crippen molar-refractivity contribution in [2.45, 2.75) is 71.1 Å². The van der Waals surface area contributed by atoms with Crippen molar-refractivity contribution in [1.82, 2.24) is 15.5 Å². The summed E-state index contributed by atoms with van der Waals surface area (Å²) < 4.78 is 11.1. The van der Waals surface area contributed by atoms with Crippen molar-refractivity contribution in [2.75, 3.05) is 12.3 Å². The van der Waals surface area contributed by atoms with Crippen LogP contribution in [0.2, 0.25) is 5.02 Å². The lowest BCUT2D eigenvalue weighted by atomic mass is 9.85. The SMILES string of the molecule is CC(C)(C)C(NC(=O)c1ccc(N)c(Cl)c1)C(=O)N1CCCC1C(=O)NC1CC(=O)OC1OCc1ccccc1. The Morgan fingerprint density at radius 2 is 1.90 bits per heavy atom. The third kappa shape index (κ3) is 6.92. The Morgan fingerprint density at radius 3 is 2.58 bits per heavy atom. The van der Waals surface area contributed by atoms with Crippen molar-refractivity contribution in [3.8, 4) is 0 Å². The number of hydrogen-bond acceptors (Lipinski definition) is 7. The van der Waals surface area contributed by atoms with Crippen LogP contribution in [0.4, 0.5) is 5.69 Å². The first-order valence-electron chi connectivity index (χ1n) is 13.3. The average Bonchev–Trinajstić information content (AvgIpc) is 3.53. The smallest absolute Gasteiger partial charge is 0.310 e. The zero-order chi connectivity index (χ0) is 29.0. The molecule has 4 atom stereocenters. The Bertz CT molecular complexity index is 1260. The molecule has 0 saturated carbocycles. The van der Waals surface area contributed by atoms with Gasteiger partial charge in [-0.25, -0.2) is 0 Å².